The maximum absolute atomic E-state index is 15.8. The van der Waals surface area contributed by atoms with Crippen molar-refractivity contribution in [3.05, 3.63) is 94.3 Å². The van der Waals surface area contributed by atoms with Gasteiger partial charge >= 0.3 is 12.1 Å². The summed E-state index contributed by atoms with van der Waals surface area (Å²) in [5.74, 6) is -1.25. The van der Waals surface area contributed by atoms with Crippen LogP contribution in [0.4, 0.5) is 14.9 Å². The predicted molar refractivity (Wildman–Crippen MR) is 152 cm³/mol. The Morgan fingerprint density at radius 2 is 1.73 bits per heavy atom. The fourth-order valence-electron chi connectivity index (χ4n) is 4.50. The monoisotopic (exact) mass is 544 g/mol. The molecule has 4 rings (SSSR count). The van der Waals surface area contributed by atoms with E-state index >= 15 is 4.39 Å². The van der Waals surface area contributed by atoms with E-state index in [-0.39, 0.29) is 31.4 Å². The third-order valence-corrected chi connectivity index (χ3v) is 6.25. The zero-order chi connectivity index (χ0) is 28.9. The van der Waals surface area contributed by atoms with Crippen LogP contribution in [0.5, 0.6) is 0 Å². The Bertz CT molecular complexity index is 1470. The van der Waals surface area contributed by atoms with Crippen LogP contribution in [0, 0.1) is 5.82 Å². The molecule has 208 valence electrons. The lowest BCUT2D eigenvalue weighted by Crippen LogP contribution is -2.32. The highest BCUT2D eigenvalue weighted by atomic mass is 19.1. The van der Waals surface area contributed by atoms with Crippen molar-refractivity contribution in [1.29, 1.82) is 0 Å². The molecule has 0 bridgehead atoms. The summed E-state index contributed by atoms with van der Waals surface area (Å²) in [5.41, 5.74) is 3.76. The van der Waals surface area contributed by atoms with Crippen LogP contribution in [0.25, 0.3) is 17.2 Å². The van der Waals surface area contributed by atoms with Crippen LogP contribution in [0.1, 0.15) is 60.3 Å². The Morgan fingerprint density at radius 1 is 0.975 bits per heavy atom. The van der Waals surface area contributed by atoms with E-state index in [1.165, 1.54) is 0 Å². The minimum absolute atomic E-state index is 0.0268. The van der Waals surface area contributed by atoms with E-state index in [0.29, 0.717) is 39.9 Å². The number of fused-ring (bicyclic) bond motifs is 1. The smallest absolute Gasteiger partial charge is 0.407 e. The third-order valence-electron chi connectivity index (χ3n) is 6.25. The van der Waals surface area contributed by atoms with Gasteiger partial charge in [-0.05, 0) is 74.6 Å². The SMILES string of the molecule is CCOC(=O)Cc1ccccc1NC(=O)c1cc2c(c(-c3cccc(CNC(=O)OC(C)(C)C)c3F)c1)C=CC2. The van der Waals surface area contributed by atoms with Gasteiger partial charge in [-0.25, -0.2) is 9.18 Å². The molecule has 40 heavy (non-hydrogen) atoms. The number of esters is 1. The molecule has 2 amide bonds. The van der Waals surface area contributed by atoms with Crippen molar-refractivity contribution >= 4 is 29.7 Å². The largest absolute Gasteiger partial charge is 0.466 e. The van der Waals surface area contributed by atoms with Crippen LogP contribution in [0.2, 0.25) is 0 Å². The molecule has 0 radical (unpaired) electrons. The number of halogens is 1. The molecule has 1 aliphatic carbocycles. The molecule has 0 saturated carbocycles. The van der Waals surface area contributed by atoms with Gasteiger partial charge in [-0.2, -0.15) is 0 Å². The molecule has 0 atom stereocenters. The lowest BCUT2D eigenvalue weighted by atomic mass is 9.92. The lowest BCUT2D eigenvalue weighted by Gasteiger charge is -2.20. The molecule has 1 aliphatic rings. The van der Waals surface area contributed by atoms with Crippen LogP contribution >= 0.6 is 0 Å². The Morgan fingerprint density at radius 3 is 2.48 bits per heavy atom. The van der Waals surface area contributed by atoms with Crippen molar-refractivity contribution < 1.29 is 28.2 Å². The fraction of sp³-hybridized carbons (Fsp3) is 0.281. The second kappa shape index (κ2) is 12.2. The van der Waals surface area contributed by atoms with Crippen LogP contribution in [0.3, 0.4) is 0 Å². The Kier molecular flexibility index (Phi) is 8.67. The highest BCUT2D eigenvalue weighted by Crippen LogP contribution is 2.35. The fourth-order valence-corrected chi connectivity index (χ4v) is 4.50. The normalized spacial score (nSPS) is 12.0. The summed E-state index contributed by atoms with van der Waals surface area (Å²) in [5, 5.41) is 5.50. The summed E-state index contributed by atoms with van der Waals surface area (Å²) >= 11 is 0. The molecule has 2 N–H and O–H groups in total. The lowest BCUT2D eigenvalue weighted by molar-refractivity contribution is -0.142. The number of allylic oxidation sites excluding steroid dienone is 1. The van der Waals surface area contributed by atoms with E-state index in [4.69, 9.17) is 9.47 Å². The van der Waals surface area contributed by atoms with Gasteiger partial charge in [-0.3, -0.25) is 9.59 Å². The number of ether oxygens (including phenoxy) is 2. The Hall–Kier alpha value is -4.46. The number of alkyl carbamates (subject to hydrolysis) is 1. The van der Waals surface area contributed by atoms with Gasteiger partial charge in [-0.15, -0.1) is 0 Å². The van der Waals surface area contributed by atoms with Gasteiger partial charge in [0.25, 0.3) is 5.91 Å². The molecule has 0 spiro atoms. The van der Waals surface area contributed by atoms with Gasteiger partial charge in [0.1, 0.15) is 11.4 Å². The number of carbonyl (C=O) groups is 3. The maximum Gasteiger partial charge on any atom is 0.407 e. The second-order valence-electron chi connectivity index (χ2n) is 10.4. The number of carbonyl (C=O) groups excluding carboxylic acids is 3. The van der Waals surface area contributed by atoms with Crippen LogP contribution < -0.4 is 10.6 Å². The molecule has 8 heteroatoms. The molecule has 0 aromatic heterocycles. The van der Waals surface area contributed by atoms with Crippen LogP contribution in [-0.4, -0.2) is 30.2 Å². The average molecular weight is 545 g/mol. The van der Waals surface area contributed by atoms with Crippen molar-refractivity contribution in [2.75, 3.05) is 11.9 Å². The Labute approximate surface area is 233 Å². The standard InChI is InChI=1S/C32H33FN2O5/c1-5-39-28(36)18-21-10-6-7-15-27(21)35-30(37)23-16-20-11-8-13-24(20)26(17-23)25-14-9-12-22(29(25)33)19-34-31(38)40-32(2,3)4/h6-10,12-17H,5,11,18-19H2,1-4H3,(H,34,38)(H,35,37). The number of para-hydroxylation sites is 1. The van der Waals surface area contributed by atoms with E-state index < -0.39 is 17.5 Å². The summed E-state index contributed by atoms with van der Waals surface area (Å²) < 4.78 is 26.1. The third kappa shape index (κ3) is 6.94. The molecular weight excluding hydrogens is 511 g/mol. The molecule has 3 aromatic rings. The molecule has 0 fully saturated rings. The maximum atomic E-state index is 15.8. The first-order valence-corrected chi connectivity index (χ1v) is 13.2. The number of anilines is 1. The van der Waals surface area contributed by atoms with Crippen molar-refractivity contribution in [1.82, 2.24) is 5.32 Å². The molecule has 0 saturated heterocycles. The van der Waals surface area contributed by atoms with Crippen LogP contribution in [-0.2, 0) is 33.7 Å². The second-order valence-corrected chi connectivity index (χ2v) is 10.4. The van der Waals surface area contributed by atoms with E-state index in [0.717, 1.165) is 11.1 Å². The first kappa shape index (κ1) is 28.5. The minimum atomic E-state index is -0.669. The number of rotatable bonds is 8. The zero-order valence-corrected chi connectivity index (χ0v) is 23.1. The van der Waals surface area contributed by atoms with Gasteiger partial charge in [-0.1, -0.05) is 48.6 Å². The predicted octanol–water partition coefficient (Wildman–Crippen LogP) is 6.44. The molecular formula is C32H33FN2O5. The van der Waals surface area contributed by atoms with Crippen LogP contribution in [0.15, 0.2) is 60.7 Å². The van der Waals surface area contributed by atoms with Gasteiger partial charge < -0.3 is 20.1 Å². The highest BCUT2D eigenvalue weighted by Gasteiger charge is 2.22. The van der Waals surface area contributed by atoms with Crippen molar-refractivity contribution in [2.24, 2.45) is 0 Å². The molecule has 0 heterocycles. The number of hydrogen-bond acceptors (Lipinski definition) is 5. The van der Waals surface area contributed by atoms with Gasteiger partial charge in [0.05, 0.1) is 13.0 Å². The van der Waals surface area contributed by atoms with Gasteiger partial charge in [0.15, 0.2) is 0 Å². The number of hydrogen-bond donors (Lipinski definition) is 2. The summed E-state index contributed by atoms with van der Waals surface area (Å²) in [6.45, 7) is 7.22. The van der Waals surface area contributed by atoms with Crippen molar-refractivity contribution in [2.45, 2.75) is 52.7 Å². The topological polar surface area (TPSA) is 93.7 Å². The Balaban J connectivity index is 1.62. The minimum Gasteiger partial charge on any atom is -0.466 e. The van der Waals surface area contributed by atoms with Crippen molar-refractivity contribution in [3.8, 4) is 11.1 Å². The summed E-state index contributed by atoms with van der Waals surface area (Å²) in [7, 11) is 0. The summed E-state index contributed by atoms with van der Waals surface area (Å²) in [6.07, 6.45) is 3.90. The van der Waals surface area contributed by atoms with E-state index in [1.807, 2.05) is 12.2 Å². The van der Waals surface area contributed by atoms with E-state index in [1.54, 1.807) is 82.3 Å². The number of amides is 2. The first-order chi connectivity index (χ1) is 19.1. The highest BCUT2D eigenvalue weighted by molar-refractivity contribution is 6.06. The molecule has 3 aromatic carbocycles. The summed E-state index contributed by atoms with van der Waals surface area (Å²) in [6, 6.07) is 15.5. The van der Waals surface area contributed by atoms with Crippen molar-refractivity contribution in [3.63, 3.8) is 0 Å². The quantitative estimate of drug-likeness (QED) is 0.318. The number of benzene rings is 3. The number of nitrogens with one attached hydrogen (secondary N) is 2. The van der Waals surface area contributed by atoms with Gasteiger partial charge in [0.2, 0.25) is 0 Å². The summed E-state index contributed by atoms with van der Waals surface area (Å²) in [4.78, 5) is 37.6. The molecule has 0 aliphatic heterocycles. The van der Waals surface area contributed by atoms with E-state index in [2.05, 4.69) is 10.6 Å². The van der Waals surface area contributed by atoms with Gasteiger partial charge in [0, 0.05) is 28.9 Å². The molecule has 7 nitrogen and oxygen atoms in total. The molecule has 0 unspecified atom stereocenters. The first-order valence-electron chi connectivity index (χ1n) is 13.2. The zero-order valence-electron chi connectivity index (χ0n) is 23.1. The van der Waals surface area contributed by atoms with E-state index in [9.17, 15) is 14.4 Å². The average Bonchev–Trinajstić information content (AvgIpc) is 3.37.